The van der Waals surface area contributed by atoms with Crippen molar-refractivity contribution in [3.8, 4) is 11.8 Å². The molecule has 72 valence electrons. The molecule has 1 heterocycles. The normalized spacial score (nSPS) is 8.71. The molecule has 1 N–H and O–H groups in total. The smallest absolute Gasteiger partial charge is 0.217 e. The van der Waals surface area contributed by atoms with E-state index in [1.807, 2.05) is 12.1 Å². The zero-order chi connectivity index (χ0) is 10.4. The molecule has 0 saturated heterocycles. The predicted octanol–water partition coefficient (Wildman–Crippen LogP) is 1.33. The zero-order valence-electron chi connectivity index (χ0n) is 7.67. The lowest BCUT2D eigenvalue weighted by molar-refractivity contribution is -0.118. The average molecular weight is 253 g/mol. The van der Waals surface area contributed by atoms with Crippen LogP contribution in [-0.2, 0) is 4.79 Å². The van der Waals surface area contributed by atoms with Crippen molar-refractivity contribution in [3.63, 3.8) is 0 Å². The molecule has 1 aromatic heterocycles. The summed E-state index contributed by atoms with van der Waals surface area (Å²) in [5.74, 6) is 5.64. The van der Waals surface area contributed by atoms with Gasteiger partial charge in [-0.1, -0.05) is 11.8 Å². The van der Waals surface area contributed by atoms with Crippen LogP contribution in [-0.4, -0.2) is 17.4 Å². The van der Waals surface area contributed by atoms with Gasteiger partial charge in [0.05, 0.1) is 12.1 Å². The lowest BCUT2D eigenvalue weighted by Gasteiger charge is -1.93. The van der Waals surface area contributed by atoms with Crippen LogP contribution in [0.1, 0.15) is 12.5 Å². The minimum atomic E-state index is -0.0791. The molecule has 0 fully saturated rings. The van der Waals surface area contributed by atoms with Crippen LogP contribution in [0.2, 0.25) is 0 Å². The van der Waals surface area contributed by atoms with Crippen molar-refractivity contribution in [2.24, 2.45) is 0 Å². The Bertz CT molecular complexity index is 393. The number of halogens is 1. The lowest BCUT2D eigenvalue weighted by Crippen LogP contribution is -2.19. The van der Waals surface area contributed by atoms with Crippen LogP contribution < -0.4 is 5.32 Å². The van der Waals surface area contributed by atoms with Crippen LogP contribution >= 0.6 is 15.9 Å². The lowest BCUT2D eigenvalue weighted by atomic mass is 10.3. The van der Waals surface area contributed by atoms with Crippen LogP contribution in [0, 0.1) is 11.8 Å². The third kappa shape index (κ3) is 3.58. The number of amides is 1. The maximum Gasteiger partial charge on any atom is 0.217 e. The molecular weight excluding hydrogens is 244 g/mol. The van der Waals surface area contributed by atoms with Gasteiger partial charge in [0.2, 0.25) is 5.91 Å². The SMILES string of the molecule is CC(=O)NCC#Cc1cccnc1Br. The van der Waals surface area contributed by atoms with Gasteiger partial charge in [-0.25, -0.2) is 4.98 Å². The van der Waals surface area contributed by atoms with Gasteiger partial charge in [-0.3, -0.25) is 4.79 Å². The molecular formula is C10H9BrN2O. The highest BCUT2D eigenvalue weighted by Crippen LogP contribution is 2.10. The molecule has 0 aliphatic carbocycles. The predicted molar refractivity (Wildman–Crippen MR) is 57.5 cm³/mol. The summed E-state index contributed by atoms with van der Waals surface area (Å²) in [6.45, 7) is 1.82. The van der Waals surface area contributed by atoms with E-state index in [0.29, 0.717) is 6.54 Å². The van der Waals surface area contributed by atoms with Gasteiger partial charge < -0.3 is 5.32 Å². The third-order valence-corrected chi connectivity index (χ3v) is 2.04. The van der Waals surface area contributed by atoms with Crippen LogP contribution in [0.15, 0.2) is 22.9 Å². The van der Waals surface area contributed by atoms with Crippen molar-refractivity contribution in [2.75, 3.05) is 6.54 Å². The van der Waals surface area contributed by atoms with Gasteiger partial charge in [0.25, 0.3) is 0 Å². The molecule has 1 rings (SSSR count). The van der Waals surface area contributed by atoms with Crippen LogP contribution in [0.3, 0.4) is 0 Å². The molecule has 0 unspecified atom stereocenters. The molecule has 1 amide bonds. The Hall–Kier alpha value is -1.34. The highest BCUT2D eigenvalue weighted by Gasteiger charge is 1.93. The summed E-state index contributed by atoms with van der Waals surface area (Å²) >= 11 is 3.28. The van der Waals surface area contributed by atoms with Gasteiger partial charge in [0.1, 0.15) is 4.60 Å². The first kappa shape index (κ1) is 10.7. The van der Waals surface area contributed by atoms with Crippen LogP contribution in [0.25, 0.3) is 0 Å². The number of nitrogens with zero attached hydrogens (tertiary/aromatic N) is 1. The highest BCUT2D eigenvalue weighted by molar-refractivity contribution is 9.10. The summed E-state index contributed by atoms with van der Waals surface area (Å²) in [6, 6.07) is 3.67. The largest absolute Gasteiger partial charge is 0.345 e. The topological polar surface area (TPSA) is 42.0 Å². The fourth-order valence-corrected chi connectivity index (χ4v) is 1.14. The van der Waals surface area contributed by atoms with E-state index in [0.717, 1.165) is 10.2 Å². The Morgan fingerprint density at radius 1 is 1.71 bits per heavy atom. The van der Waals surface area contributed by atoms with E-state index in [2.05, 4.69) is 38.1 Å². The average Bonchev–Trinajstić information content (AvgIpc) is 2.15. The maximum absolute atomic E-state index is 10.5. The minimum Gasteiger partial charge on any atom is -0.345 e. The molecule has 0 saturated carbocycles. The standard InChI is InChI=1S/C10H9BrN2O/c1-8(14)12-6-2-4-9-5-3-7-13-10(9)11/h3,5,7H,6H2,1H3,(H,12,14). The Balaban J connectivity index is 2.59. The number of hydrogen-bond donors (Lipinski definition) is 1. The third-order valence-electron chi connectivity index (χ3n) is 1.41. The van der Waals surface area contributed by atoms with Gasteiger partial charge in [-0.2, -0.15) is 0 Å². The van der Waals surface area contributed by atoms with Crippen molar-refractivity contribution >= 4 is 21.8 Å². The number of rotatable bonds is 1. The molecule has 4 heteroatoms. The number of carbonyl (C=O) groups is 1. The molecule has 0 spiro atoms. The minimum absolute atomic E-state index is 0.0791. The van der Waals surface area contributed by atoms with Gasteiger partial charge in [-0.05, 0) is 28.1 Å². The molecule has 0 aliphatic rings. The number of nitrogens with one attached hydrogen (secondary N) is 1. The maximum atomic E-state index is 10.5. The molecule has 0 atom stereocenters. The first-order valence-corrected chi connectivity index (χ1v) is 4.83. The second kappa shape index (κ2) is 5.40. The van der Waals surface area contributed by atoms with Crippen molar-refractivity contribution < 1.29 is 4.79 Å². The van der Waals surface area contributed by atoms with Crippen molar-refractivity contribution in [1.82, 2.24) is 10.3 Å². The number of hydrogen-bond acceptors (Lipinski definition) is 2. The van der Waals surface area contributed by atoms with E-state index in [1.54, 1.807) is 6.20 Å². The van der Waals surface area contributed by atoms with Gasteiger partial charge in [0.15, 0.2) is 0 Å². The van der Waals surface area contributed by atoms with Gasteiger partial charge in [0, 0.05) is 13.1 Å². The molecule has 0 aromatic carbocycles. The van der Waals surface area contributed by atoms with Crippen LogP contribution in [0.4, 0.5) is 0 Å². The van der Waals surface area contributed by atoms with Gasteiger partial charge >= 0.3 is 0 Å². The number of carbonyl (C=O) groups excluding carboxylic acids is 1. The van der Waals surface area contributed by atoms with E-state index in [1.165, 1.54) is 6.92 Å². The molecule has 14 heavy (non-hydrogen) atoms. The van der Waals surface area contributed by atoms with E-state index in [-0.39, 0.29) is 5.91 Å². The summed E-state index contributed by atoms with van der Waals surface area (Å²) in [4.78, 5) is 14.5. The fraction of sp³-hybridized carbons (Fsp3) is 0.200. The van der Waals surface area contributed by atoms with E-state index >= 15 is 0 Å². The van der Waals surface area contributed by atoms with Crippen molar-refractivity contribution in [3.05, 3.63) is 28.5 Å². The first-order chi connectivity index (χ1) is 6.70. The Labute approximate surface area is 91.1 Å². The van der Waals surface area contributed by atoms with Crippen LogP contribution in [0.5, 0.6) is 0 Å². The van der Waals surface area contributed by atoms with E-state index in [4.69, 9.17) is 0 Å². The van der Waals surface area contributed by atoms with Crippen molar-refractivity contribution in [1.29, 1.82) is 0 Å². The van der Waals surface area contributed by atoms with E-state index in [9.17, 15) is 4.79 Å². The number of pyridine rings is 1. The quantitative estimate of drug-likeness (QED) is 0.606. The summed E-state index contributed by atoms with van der Waals surface area (Å²) in [5, 5.41) is 2.59. The fourth-order valence-electron chi connectivity index (χ4n) is 0.787. The summed E-state index contributed by atoms with van der Waals surface area (Å²) < 4.78 is 0.718. The summed E-state index contributed by atoms with van der Waals surface area (Å²) in [6.07, 6.45) is 1.68. The molecule has 0 bridgehead atoms. The first-order valence-electron chi connectivity index (χ1n) is 4.04. The molecule has 1 aromatic rings. The highest BCUT2D eigenvalue weighted by atomic mass is 79.9. The second-order valence-corrected chi connectivity index (χ2v) is 3.30. The zero-order valence-corrected chi connectivity index (χ0v) is 9.26. The summed E-state index contributed by atoms with van der Waals surface area (Å²) in [7, 11) is 0. The molecule has 0 aliphatic heterocycles. The molecule has 3 nitrogen and oxygen atoms in total. The van der Waals surface area contributed by atoms with E-state index < -0.39 is 0 Å². The Kier molecular flexibility index (Phi) is 4.14. The molecule has 0 radical (unpaired) electrons. The summed E-state index contributed by atoms with van der Waals surface area (Å²) in [5.41, 5.74) is 0.817. The Morgan fingerprint density at radius 3 is 3.14 bits per heavy atom. The number of aromatic nitrogens is 1. The second-order valence-electron chi connectivity index (χ2n) is 2.55. The Morgan fingerprint density at radius 2 is 2.50 bits per heavy atom. The monoisotopic (exact) mass is 252 g/mol. The van der Waals surface area contributed by atoms with Crippen molar-refractivity contribution in [2.45, 2.75) is 6.92 Å². The van der Waals surface area contributed by atoms with Gasteiger partial charge in [-0.15, -0.1) is 0 Å².